The van der Waals surface area contributed by atoms with E-state index in [1.807, 2.05) is 24.3 Å². The van der Waals surface area contributed by atoms with Crippen LogP contribution in [0.5, 0.6) is 0 Å². The zero-order valence-corrected chi connectivity index (χ0v) is 13.4. The van der Waals surface area contributed by atoms with Crippen LogP contribution in [0, 0.1) is 0 Å². The van der Waals surface area contributed by atoms with Gasteiger partial charge in [0.15, 0.2) is 0 Å². The molecule has 0 radical (unpaired) electrons. The minimum Gasteiger partial charge on any atom is -0.349 e. The van der Waals surface area contributed by atoms with Gasteiger partial charge in [-0.2, -0.15) is 9.78 Å². The van der Waals surface area contributed by atoms with Crippen molar-refractivity contribution >= 4 is 44.1 Å². The Morgan fingerprint density at radius 1 is 1.30 bits per heavy atom. The zero-order valence-electron chi connectivity index (χ0n) is 11.8. The molecule has 0 bridgehead atoms. The van der Waals surface area contributed by atoms with Gasteiger partial charge in [-0.1, -0.05) is 22.0 Å². The summed E-state index contributed by atoms with van der Waals surface area (Å²) in [5, 5.41) is 5.06. The molecule has 0 amide bonds. The topological polar surface area (TPSA) is 75.9 Å². The summed E-state index contributed by atoms with van der Waals surface area (Å²) < 4.78 is 2.14. The lowest BCUT2D eigenvalue weighted by Gasteiger charge is -1.97. The fourth-order valence-corrected chi connectivity index (χ4v) is 2.74. The highest BCUT2D eigenvalue weighted by Crippen LogP contribution is 2.24. The van der Waals surface area contributed by atoms with E-state index in [0.717, 1.165) is 20.9 Å². The van der Waals surface area contributed by atoms with Gasteiger partial charge in [0, 0.05) is 33.3 Å². The van der Waals surface area contributed by atoms with E-state index < -0.39 is 0 Å². The standard InChI is InChI=1S/C16H10BrN5O/c17-11-3-4-13-12(6-11)14-15(21-13)16(23)22(9-19-14)20-8-10-2-1-5-18-7-10/h1-9,21H. The minimum absolute atomic E-state index is 0.248. The third kappa shape index (κ3) is 2.44. The van der Waals surface area contributed by atoms with Crippen LogP contribution in [0.25, 0.3) is 21.9 Å². The van der Waals surface area contributed by atoms with Gasteiger partial charge in [0.2, 0.25) is 0 Å². The molecule has 23 heavy (non-hydrogen) atoms. The second-order valence-corrected chi connectivity index (χ2v) is 5.88. The predicted octanol–water partition coefficient (Wildman–Crippen LogP) is 2.92. The maximum atomic E-state index is 12.6. The summed E-state index contributed by atoms with van der Waals surface area (Å²) in [4.78, 5) is 24.0. The number of aromatic amines is 1. The summed E-state index contributed by atoms with van der Waals surface area (Å²) in [5.41, 5.74) is 2.49. The maximum absolute atomic E-state index is 12.6. The maximum Gasteiger partial charge on any atom is 0.298 e. The highest BCUT2D eigenvalue weighted by molar-refractivity contribution is 9.10. The molecule has 0 aliphatic carbocycles. The molecule has 6 nitrogen and oxygen atoms in total. The number of pyridine rings is 1. The molecule has 0 fully saturated rings. The average Bonchev–Trinajstić information content (AvgIpc) is 2.94. The van der Waals surface area contributed by atoms with Crippen LogP contribution in [-0.4, -0.2) is 25.8 Å². The highest BCUT2D eigenvalue weighted by Gasteiger charge is 2.10. The molecule has 0 aliphatic rings. The van der Waals surface area contributed by atoms with Gasteiger partial charge in [-0.05, 0) is 24.3 Å². The number of H-pyrrole nitrogens is 1. The number of fused-ring (bicyclic) bond motifs is 3. The second kappa shape index (κ2) is 5.44. The Bertz CT molecular complexity index is 1100. The van der Waals surface area contributed by atoms with Gasteiger partial charge in [-0.25, -0.2) is 4.98 Å². The number of nitrogens with one attached hydrogen (secondary N) is 1. The first-order chi connectivity index (χ1) is 11.2. The molecule has 7 heteroatoms. The lowest BCUT2D eigenvalue weighted by molar-refractivity contribution is 0.815. The Kier molecular flexibility index (Phi) is 3.27. The molecule has 4 aromatic rings. The monoisotopic (exact) mass is 367 g/mol. The van der Waals surface area contributed by atoms with Gasteiger partial charge in [0.1, 0.15) is 17.4 Å². The highest BCUT2D eigenvalue weighted by atomic mass is 79.9. The van der Waals surface area contributed by atoms with Crippen molar-refractivity contribution in [2.24, 2.45) is 5.10 Å². The molecule has 4 rings (SSSR count). The summed E-state index contributed by atoms with van der Waals surface area (Å²) in [5.74, 6) is 0. The van der Waals surface area contributed by atoms with E-state index >= 15 is 0 Å². The molecule has 112 valence electrons. The Balaban J connectivity index is 1.87. The van der Waals surface area contributed by atoms with Crippen LogP contribution in [-0.2, 0) is 0 Å². The van der Waals surface area contributed by atoms with Gasteiger partial charge in [-0.3, -0.25) is 9.78 Å². The number of nitrogens with zero attached hydrogens (tertiary/aromatic N) is 4. The summed E-state index contributed by atoms with van der Waals surface area (Å²) in [6, 6.07) is 9.42. The van der Waals surface area contributed by atoms with Crippen LogP contribution in [0.2, 0.25) is 0 Å². The van der Waals surface area contributed by atoms with Gasteiger partial charge in [-0.15, -0.1) is 0 Å². The van der Waals surface area contributed by atoms with E-state index in [1.54, 1.807) is 24.7 Å². The Labute approximate surface area is 138 Å². The lowest BCUT2D eigenvalue weighted by Crippen LogP contribution is -2.17. The molecule has 0 unspecified atom stereocenters. The summed E-state index contributed by atoms with van der Waals surface area (Å²) in [6.45, 7) is 0. The smallest absolute Gasteiger partial charge is 0.298 e. The number of rotatable bonds is 2. The van der Waals surface area contributed by atoms with Crippen molar-refractivity contribution in [1.82, 2.24) is 19.6 Å². The van der Waals surface area contributed by atoms with Gasteiger partial charge in [0.25, 0.3) is 5.56 Å². The Morgan fingerprint density at radius 3 is 3.04 bits per heavy atom. The van der Waals surface area contributed by atoms with Crippen molar-refractivity contribution in [3.63, 3.8) is 0 Å². The number of aromatic nitrogens is 4. The first-order valence-corrected chi connectivity index (χ1v) is 7.65. The van der Waals surface area contributed by atoms with Crippen molar-refractivity contribution in [3.8, 4) is 0 Å². The van der Waals surface area contributed by atoms with Crippen LogP contribution in [0.3, 0.4) is 0 Å². The molecule has 0 spiro atoms. The van der Waals surface area contributed by atoms with Crippen molar-refractivity contribution in [2.45, 2.75) is 0 Å². The summed E-state index contributed by atoms with van der Waals surface area (Å²) >= 11 is 3.43. The van der Waals surface area contributed by atoms with E-state index in [1.165, 1.54) is 11.0 Å². The van der Waals surface area contributed by atoms with Crippen LogP contribution in [0.4, 0.5) is 0 Å². The van der Waals surface area contributed by atoms with Gasteiger partial charge < -0.3 is 4.98 Å². The van der Waals surface area contributed by atoms with Crippen molar-refractivity contribution in [3.05, 3.63) is 69.4 Å². The molecule has 1 aromatic carbocycles. The van der Waals surface area contributed by atoms with Crippen molar-refractivity contribution < 1.29 is 0 Å². The molecule has 3 heterocycles. The van der Waals surface area contributed by atoms with Gasteiger partial charge in [0.05, 0.1) is 6.21 Å². The van der Waals surface area contributed by atoms with E-state index in [2.05, 4.69) is 36.0 Å². The Hall–Kier alpha value is -2.80. The SMILES string of the molecule is O=c1c2[nH]c3ccc(Br)cc3c2ncn1N=Cc1cccnc1. The van der Waals surface area contributed by atoms with E-state index in [9.17, 15) is 4.79 Å². The number of hydrogen-bond acceptors (Lipinski definition) is 4. The van der Waals surface area contributed by atoms with Gasteiger partial charge >= 0.3 is 0 Å². The van der Waals surface area contributed by atoms with E-state index in [0.29, 0.717) is 11.0 Å². The minimum atomic E-state index is -0.248. The molecule has 0 saturated carbocycles. The largest absolute Gasteiger partial charge is 0.349 e. The van der Waals surface area contributed by atoms with Crippen LogP contribution < -0.4 is 5.56 Å². The fourth-order valence-electron chi connectivity index (χ4n) is 2.38. The van der Waals surface area contributed by atoms with E-state index in [-0.39, 0.29) is 5.56 Å². The second-order valence-electron chi connectivity index (χ2n) is 4.96. The number of halogens is 1. The first-order valence-electron chi connectivity index (χ1n) is 6.85. The predicted molar refractivity (Wildman–Crippen MR) is 92.8 cm³/mol. The fraction of sp³-hybridized carbons (Fsp3) is 0. The number of hydrogen-bond donors (Lipinski definition) is 1. The average molecular weight is 368 g/mol. The van der Waals surface area contributed by atoms with Crippen molar-refractivity contribution in [1.29, 1.82) is 0 Å². The first kappa shape index (κ1) is 13.8. The summed E-state index contributed by atoms with van der Waals surface area (Å²) in [6.07, 6.45) is 6.34. The molecular weight excluding hydrogens is 358 g/mol. The van der Waals surface area contributed by atoms with Crippen LogP contribution in [0.15, 0.2) is 63.4 Å². The molecule has 3 aromatic heterocycles. The van der Waals surface area contributed by atoms with Crippen LogP contribution >= 0.6 is 15.9 Å². The normalized spacial score (nSPS) is 11.7. The Morgan fingerprint density at radius 2 is 2.22 bits per heavy atom. The van der Waals surface area contributed by atoms with E-state index in [4.69, 9.17) is 0 Å². The lowest BCUT2D eigenvalue weighted by atomic mass is 10.2. The molecule has 0 atom stereocenters. The quantitative estimate of drug-likeness (QED) is 0.553. The molecular formula is C16H10BrN5O. The molecule has 1 N–H and O–H groups in total. The van der Waals surface area contributed by atoms with Crippen molar-refractivity contribution in [2.75, 3.05) is 0 Å². The van der Waals surface area contributed by atoms with Crippen LogP contribution in [0.1, 0.15) is 5.56 Å². The zero-order chi connectivity index (χ0) is 15.8. The third-order valence-corrected chi connectivity index (χ3v) is 3.96. The summed E-state index contributed by atoms with van der Waals surface area (Å²) in [7, 11) is 0. The molecule has 0 saturated heterocycles. The number of benzene rings is 1. The third-order valence-electron chi connectivity index (χ3n) is 3.47. The molecule has 0 aliphatic heterocycles.